The number of nitrogens with two attached hydrogens (primary N) is 1. The van der Waals surface area contributed by atoms with Crippen molar-refractivity contribution >= 4 is 17.8 Å². The third kappa shape index (κ3) is 1.51. The molecule has 0 aromatic rings. The molecule has 2 fully saturated rings. The fraction of sp³-hybridized carbons (Fsp3) is 0.750. The molecule has 1 aliphatic carbocycles. The highest BCUT2D eigenvalue weighted by Gasteiger charge is 2.60. The average Bonchev–Trinajstić information content (AvgIpc) is 2.67. The molecule has 1 aliphatic heterocycles. The van der Waals surface area contributed by atoms with Crippen molar-refractivity contribution in [2.75, 3.05) is 0 Å². The molecule has 1 saturated heterocycles. The van der Waals surface area contributed by atoms with E-state index in [1.165, 1.54) is 0 Å². The normalized spacial score (nSPS) is 38.4. The first-order chi connectivity index (χ1) is 8.20. The van der Waals surface area contributed by atoms with Crippen molar-refractivity contribution in [1.82, 2.24) is 10.6 Å². The molecule has 0 aromatic carbocycles. The molecule has 100 valence electrons. The second kappa shape index (κ2) is 3.70. The van der Waals surface area contributed by atoms with Crippen LogP contribution in [0.25, 0.3) is 0 Å². The van der Waals surface area contributed by atoms with Gasteiger partial charge >= 0.3 is 6.03 Å². The van der Waals surface area contributed by atoms with Crippen molar-refractivity contribution in [2.24, 2.45) is 22.5 Å². The predicted molar refractivity (Wildman–Crippen MR) is 64.3 cm³/mol. The number of rotatable bonds is 2. The number of nitrogens with one attached hydrogen (secondary N) is 2. The van der Waals surface area contributed by atoms with Gasteiger partial charge < -0.3 is 11.1 Å². The van der Waals surface area contributed by atoms with E-state index in [9.17, 15) is 14.4 Å². The van der Waals surface area contributed by atoms with E-state index in [0.717, 1.165) is 0 Å². The first kappa shape index (κ1) is 12.9. The smallest absolute Gasteiger partial charge is 0.322 e. The summed E-state index contributed by atoms with van der Waals surface area (Å²) in [5.41, 5.74) is 4.53. The highest BCUT2D eigenvalue weighted by Crippen LogP contribution is 2.57. The molecule has 0 aromatic heterocycles. The zero-order valence-electron chi connectivity index (χ0n) is 10.9. The first-order valence-electron chi connectivity index (χ1n) is 6.11. The Hall–Kier alpha value is -1.59. The number of imide groups is 1. The van der Waals surface area contributed by atoms with Gasteiger partial charge in [0.25, 0.3) is 5.91 Å². The molecule has 2 rings (SSSR count). The SMILES string of the molecule is CC1(C)C(C(N)=O)CCC1(C)C1NC(=O)NC1=O. The van der Waals surface area contributed by atoms with Gasteiger partial charge in [0.2, 0.25) is 5.91 Å². The summed E-state index contributed by atoms with van der Waals surface area (Å²) in [5.74, 6) is -0.929. The zero-order valence-corrected chi connectivity index (χ0v) is 10.9. The molecule has 4 amide bonds. The minimum Gasteiger partial charge on any atom is -0.369 e. The first-order valence-corrected chi connectivity index (χ1v) is 6.11. The van der Waals surface area contributed by atoms with Crippen LogP contribution >= 0.6 is 0 Å². The Labute approximate surface area is 106 Å². The van der Waals surface area contributed by atoms with Crippen LogP contribution in [0.4, 0.5) is 4.79 Å². The number of carbonyl (C=O) groups excluding carboxylic acids is 3. The summed E-state index contributed by atoms with van der Waals surface area (Å²) in [7, 11) is 0. The van der Waals surface area contributed by atoms with E-state index in [4.69, 9.17) is 5.73 Å². The average molecular weight is 253 g/mol. The number of amides is 4. The summed E-state index contributed by atoms with van der Waals surface area (Å²) < 4.78 is 0. The molecule has 2 aliphatic rings. The molecule has 4 N–H and O–H groups in total. The molecule has 18 heavy (non-hydrogen) atoms. The van der Waals surface area contributed by atoms with Gasteiger partial charge in [-0.15, -0.1) is 0 Å². The fourth-order valence-electron chi connectivity index (χ4n) is 3.40. The molecule has 0 radical (unpaired) electrons. The van der Waals surface area contributed by atoms with Crippen LogP contribution in [-0.2, 0) is 9.59 Å². The topological polar surface area (TPSA) is 101 Å². The molecule has 1 saturated carbocycles. The predicted octanol–water partition coefficient (Wildman–Crippen LogP) is 0.122. The van der Waals surface area contributed by atoms with Crippen LogP contribution in [0.3, 0.4) is 0 Å². The molecule has 0 bridgehead atoms. The molecule has 0 spiro atoms. The van der Waals surface area contributed by atoms with Gasteiger partial charge in [-0.1, -0.05) is 20.8 Å². The Morgan fingerprint density at radius 3 is 2.33 bits per heavy atom. The molecule has 6 heteroatoms. The lowest BCUT2D eigenvalue weighted by Gasteiger charge is -2.43. The van der Waals surface area contributed by atoms with Gasteiger partial charge in [-0.3, -0.25) is 14.9 Å². The number of urea groups is 1. The molecular formula is C12H19N3O3. The standard InChI is InChI=1S/C12H19N3O3/c1-11(2)6(8(13)16)4-5-12(11,3)7-9(17)15-10(18)14-7/h6-7H,4-5H2,1-3H3,(H2,13,16)(H2,14,15,17,18). The van der Waals surface area contributed by atoms with E-state index >= 15 is 0 Å². The molecule has 1 heterocycles. The van der Waals surface area contributed by atoms with Gasteiger partial charge in [-0.25, -0.2) is 4.79 Å². The lowest BCUT2D eigenvalue weighted by molar-refractivity contribution is -0.130. The fourth-order valence-corrected chi connectivity index (χ4v) is 3.40. The van der Waals surface area contributed by atoms with Gasteiger partial charge in [0.1, 0.15) is 6.04 Å². The van der Waals surface area contributed by atoms with Crippen LogP contribution in [0.15, 0.2) is 0 Å². The van der Waals surface area contributed by atoms with Gasteiger partial charge in [0, 0.05) is 11.3 Å². The van der Waals surface area contributed by atoms with E-state index in [1.807, 2.05) is 20.8 Å². The summed E-state index contributed by atoms with van der Waals surface area (Å²) >= 11 is 0. The van der Waals surface area contributed by atoms with Crippen molar-refractivity contribution in [3.63, 3.8) is 0 Å². The summed E-state index contributed by atoms with van der Waals surface area (Å²) in [5, 5.41) is 4.90. The number of carbonyl (C=O) groups is 3. The summed E-state index contributed by atoms with van der Waals surface area (Å²) in [6.45, 7) is 5.81. The Bertz CT molecular complexity index is 432. The summed E-state index contributed by atoms with van der Waals surface area (Å²) in [6, 6.07) is -1.06. The van der Waals surface area contributed by atoms with Crippen LogP contribution in [0.2, 0.25) is 0 Å². The van der Waals surface area contributed by atoms with E-state index in [0.29, 0.717) is 12.8 Å². The van der Waals surface area contributed by atoms with E-state index in [2.05, 4.69) is 10.6 Å². The minimum atomic E-state index is -0.593. The van der Waals surface area contributed by atoms with Crippen LogP contribution in [0.1, 0.15) is 33.6 Å². The van der Waals surface area contributed by atoms with Crippen LogP contribution in [0, 0.1) is 16.7 Å². The van der Waals surface area contributed by atoms with Crippen molar-refractivity contribution in [3.8, 4) is 0 Å². The van der Waals surface area contributed by atoms with Crippen molar-refractivity contribution < 1.29 is 14.4 Å². The second-order valence-electron chi connectivity index (χ2n) is 6.03. The highest BCUT2D eigenvalue weighted by molar-refractivity contribution is 6.04. The van der Waals surface area contributed by atoms with Gasteiger partial charge in [0.15, 0.2) is 0 Å². The van der Waals surface area contributed by atoms with Gasteiger partial charge in [0.05, 0.1) is 0 Å². The molecular weight excluding hydrogens is 234 g/mol. The second-order valence-corrected chi connectivity index (χ2v) is 6.03. The Morgan fingerprint density at radius 2 is 1.94 bits per heavy atom. The largest absolute Gasteiger partial charge is 0.369 e. The lowest BCUT2D eigenvalue weighted by atomic mass is 9.62. The number of hydrogen-bond donors (Lipinski definition) is 3. The molecule has 6 nitrogen and oxygen atoms in total. The lowest BCUT2D eigenvalue weighted by Crippen LogP contribution is -2.52. The van der Waals surface area contributed by atoms with Crippen LogP contribution in [-0.4, -0.2) is 23.9 Å². The zero-order chi connectivity index (χ0) is 13.7. The van der Waals surface area contributed by atoms with Gasteiger partial charge in [-0.2, -0.15) is 0 Å². The number of primary amides is 1. The van der Waals surface area contributed by atoms with E-state index < -0.39 is 22.9 Å². The maximum absolute atomic E-state index is 11.8. The van der Waals surface area contributed by atoms with Gasteiger partial charge in [-0.05, 0) is 18.3 Å². The summed E-state index contributed by atoms with van der Waals surface area (Å²) in [6.07, 6.45) is 1.34. The van der Waals surface area contributed by atoms with Crippen molar-refractivity contribution in [3.05, 3.63) is 0 Å². The van der Waals surface area contributed by atoms with Crippen LogP contribution in [0.5, 0.6) is 0 Å². The van der Waals surface area contributed by atoms with E-state index in [1.54, 1.807) is 0 Å². The maximum atomic E-state index is 11.8. The third-order valence-corrected chi connectivity index (χ3v) is 5.05. The summed E-state index contributed by atoms with van der Waals surface area (Å²) in [4.78, 5) is 34.6. The van der Waals surface area contributed by atoms with Crippen molar-refractivity contribution in [1.29, 1.82) is 0 Å². The van der Waals surface area contributed by atoms with Crippen LogP contribution < -0.4 is 16.4 Å². The Morgan fingerprint density at radius 1 is 1.33 bits per heavy atom. The third-order valence-electron chi connectivity index (χ3n) is 5.05. The van der Waals surface area contributed by atoms with Crippen molar-refractivity contribution in [2.45, 2.75) is 39.7 Å². The Balaban J connectivity index is 2.35. The minimum absolute atomic E-state index is 0.271. The van der Waals surface area contributed by atoms with E-state index in [-0.39, 0.29) is 17.7 Å². The molecule has 3 atom stereocenters. The monoisotopic (exact) mass is 253 g/mol. The maximum Gasteiger partial charge on any atom is 0.322 e. The number of hydrogen-bond acceptors (Lipinski definition) is 3. The molecule has 3 unspecified atom stereocenters. The Kier molecular flexibility index (Phi) is 2.64. The highest BCUT2D eigenvalue weighted by atomic mass is 16.2. The quantitative estimate of drug-likeness (QED) is 0.609.